The highest BCUT2D eigenvalue weighted by Crippen LogP contribution is 2.31. The summed E-state index contributed by atoms with van der Waals surface area (Å²) in [6.45, 7) is 7.14. The molecule has 0 bridgehead atoms. The van der Waals surface area contributed by atoms with Gasteiger partial charge in [0.1, 0.15) is 6.04 Å². The van der Waals surface area contributed by atoms with Crippen molar-refractivity contribution in [3.8, 4) is 0 Å². The molecule has 1 aromatic rings. The molecule has 5 heteroatoms. The first kappa shape index (κ1) is 14.7. The lowest BCUT2D eigenvalue weighted by Crippen LogP contribution is -2.30. The molecule has 0 aliphatic rings. The smallest absolute Gasteiger partial charge is 0.328 e. The van der Waals surface area contributed by atoms with Crippen LogP contribution in [0.25, 0.3) is 0 Å². The Labute approximate surface area is 115 Å². The number of esters is 1. The Morgan fingerprint density at radius 1 is 1.59 bits per heavy atom. The van der Waals surface area contributed by atoms with E-state index in [1.54, 1.807) is 11.3 Å². The normalized spacial score (nSPS) is 12.5. The fourth-order valence-corrected chi connectivity index (χ4v) is 3.06. The first-order valence-corrected chi connectivity index (χ1v) is 7.36. The van der Waals surface area contributed by atoms with E-state index in [9.17, 15) is 4.79 Å². The van der Waals surface area contributed by atoms with E-state index in [-0.39, 0.29) is 12.0 Å². The number of thiophene rings is 1. The van der Waals surface area contributed by atoms with Crippen molar-refractivity contribution >= 4 is 33.2 Å². The molecule has 0 aliphatic heterocycles. The summed E-state index contributed by atoms with van der Waals surface area (Å²) in [7, 11) is 0. The van der Waals surface area contributed by atoms with E-state index in [1.807, 2.05) is 19.9 Å². The van der Waals surface area contributed by atoms with Gasteiger partial charge in [-0.1, -0.05) is 6.92 Å². The predicted octanol–water partition coefficient (Wildman–Crippen LogP) is 3.42. The van der Waals surface area contributed by atoms with E-state index in [2.05, 4.69) is 28.2 Å². The van der Waals surface area contributed by atoms with Gasteiger partial charge in [0.2, 0.25) is 0 Å². The van der Waals surface area contributed by atoms with Crippen LogP contribution in [0.3, 0.4) is 0 Å². The summed E-state index contributed by atoms with van der Waals surface area (Å²) >= 11 is 5.09. The third-order valence-corrected chi connectivity index (χ3v) is 4.48. The van der Waals surface area contributed by atoms with Crippen LogP contribution in [0.5, 0.6) is 0 Å². The predicted molar refractivity (Wildman–Crippen MR) is 74.4 cm³/mol. The maximum atomic E-state index is 11.9. The molecule has 0 amide bonds. The number of halogens is 1. The summed E-state index contributed by atoms with van der Waals surface area (Å²) in [5, 5.41) is 3.23. The van der Waals surface area contributed by atoms with Crippen molar-refractivity contribution in [3.63, 3.8) is 0 Å². The average molecular weight is 320 g/mol. The van der Waals surface area contributed by atoms with Crippen molar-refractivity contribution in [3.05, 3.63) is 20.3 Å². The molecule has 0 saturated heterocycles. The van der Waals surface area contributed by atoms with Gasteiger partial charge in [-0.2, -0.15) is 0 Å². The van der Waals surface area contributed by atoms with Crippen LogP contribution in [0, 0.1) is 6.92 Å². The van der Waals surface area contributed by atoms with Crippen molar-refractivity contribution in [2.24, 2.45) is 0 Å². The zero-order valence-electron chi connectivity index (χ0n) is 10.4. The summed E-state index contributed by atoms with van der Waals surface area (Å²) in [5.41, 5.74) is 0. The molecule has 0 saturated carbocycles. The van der Waals surface area contributed by atoms with Crippen LogP contribution in [0.4, 0.5) is 0 Å². The first-order chi connectivity index (χ1) is 8.10. The maximum absolute atomic E-state index is 11.9. The Kier molecular flexibility index (Phi) is 6.16. The average Bonchev–Trinajstić information content (AvgIpc) is 2.60. The van der Waals surface area contributed by atoms with Crippen LogP contribution in [-0.4, -0.2) is 19.1 Å². The molecule has 0 aromatic carbocycles. The van der Waals surface area contributed by atoms with Gasteiger partial charge in [0.05, 0.1) is 6.61 Å². The Hall–Kier alpha value is -0.390. The quantitative estimate of drug-likeness (QED) is 0.816. The topological polar surface area (TPSA) is 38.3 Å². The fourth-order valence-electron chi connectivity index (χ4n) is 1.44. The van der Waals surface area contributed by atoms with E-state index >= 15 is 0 Å². The van der Waals surface area contributed by atoms with E-state index in [0.717, 1.165) is 22.3 Å². The number of carbonyl (C=O) groups is 1. The zero-order chi connectivity index (χ0) is 12.8. The van der Waals surface area contributed by atoms with E-state index in [0.29, 0.717) is 6.61 Å². The summed E-state index contributed by atoms with van der Waals surface area (Å²) in [6.07, 6.45) is 0.988. The zero-order valence-corrected chi connectivity index (χ0v) is 12.8. The highest BCUT2D eigenvalue weighted by Gasteiger charge is 2.23. The largest absolute Gasteiger partial charge is 0.465 e. The van der Waals surface area contributed by atoms with Gasteiger partial charge in [-0.3, -0.25) is 0 Å². The molecule has 0 fully saturated rings. The van der Waals surface area contributed by atoms with Crippen LogP contribution in [0.2, 0.25) is 0 Å². The second-order valence-electron chi connectivity index (χ2n) is 3.69. The van der Waals surface area contributed by atoms with E-state index in [4.69, 9.17) is 4.74 Å². The molecule has 1 aromatic heterocycles. The highest BCUT2D eigenvalue weighted by molar-refractivity contribution is 9.10. The van der Waals surface area contributed by atoms with Gasteiger partial charge in [0.25, 0.3) is 0 Å². The molecule has 1 heterocycles. The number of hydrogen-bond acceptors (Lipinski definition) is 4. The van der Waals surface area contributed by atoms with E-state index < -0.39 is 0 Å². The summed E-state index contributed by atoms with van der Waals surface area (Å²) in [5.74, 6) is -0.199. The highest BCUT2D eigenvalue weighted by atomic mass is 79.9. The standard InChI is InChI=1S/C12H18BrNO2S/c1-4-6-14-11(12(15)16-5-2)10-7-9(13)8(3)17-10/h7,11,14H,4-6H2,1-3H3. The SMILES string of the molecule is CCCNC(C(=O)OCC)c1cc(Br)c(C)s1. The number of rotatable bonds is 6. The molecule has 3 nitrogen and oxygen atoms in total. The number of ether oxygens (including phenoxy) is 1. The second kappa shape index (κ2) is 7.13. The van der Waals surface area contributed by atoms with Crippen molar-refractivity contribution in [1.82, 2.24) is 5.32 Å². The minimum Gasteiger partial charge on any atom is -0.465 e. The Morgan fingerprint density at radius 2 is 2.29 bits per heavy atom. The number of carbonyl (C=O) groups excluding carboxylic acids is 1. The molecule has 0 radical (unpaired) electrons. The van der Waals surface area contributed by atoms with Gasteiger partial charge in [0, 0.05) is 14.2 Å². The molecule has 17 heavy (non-hydrogen) atoms. The maximum Gasteiger partial charge on any atom is 0.328 e. The van der Waals surface area contributed by atoms with Crippen molar-refractivity contribution in [1.29, 1.82) is 0 Å². The third-order valence-electron chi connectivity index (χ3n) is 2.28. The minimum atomic E-state index is -0.343. The van der Waals surface area contributed by atoms with Crippen LogP contribution >= 0.6 is 27.3 Å². The Bertz CT molecular complexity index is 359. The summed E-state index contributed by atoms with van der Waals surface area (Å²) in [4.78, 5) is 14.1. The lowest BCUT2D eigenvalue weighted by Gasteiger charge is -2.15. The molecule has 1 unspecified atom stereocenters. The fraction of sp³-hybridized carbons (Fsp3) is 0.583. The molecule has 1 rings (SSSR count). The molecule has 0 spiro atoms. The molecule has 0 aliphatic carbocycles. The third kappa shape index (κ3) is 4.08. The monoisotopic (exact) mass is 319 g/mol. The van der Waals surface area contributed by atoms with Gasteiger partial charge in [0.15, 0.2) is 0 Å². The minimum absolute atomic E-state index is 0.199. The van der Waals surface area contributed by atoms with Gasteiger partial charge >= 0.3 is 5.97 Å². The molecule has 1 N–H and O–H groups in total. The second-order valence-corrected chi connectivity index (χ2v) is 5.83. The Balaban J connectivity index is 2.85. The Morgan fingerprint density at radius 3 is 2.76 bits per heavy atom. The van der Waals surface area contributed by atoms with Crippen molar-refractivity contribution in [2.75, 3.05) is 13.2 Å². The first-order valence-electron chi connectivity index (χ1n) is 5.76. The number of aryl methyl sites for hydroxylation is 1. The van der Waals surface area contributed by atoms with Gasteiger partial charge in [-0.15, -0.1) is 11.3 Å². The summed E-state index contributed by atoms with van der Waals surface area (Å²) < 4.78 is 6.14. The molecule has 96 valence electrons. The van der Waals surface area contributed by atoms with Crippen molar-refractivity contribution < 1.29 is 9.53 Å². The van der Waals surface area contributed by atoms with Gasteiger partial charge in [-0.25, -0.2) is 4.79 Å². The van der Waals surface area contributed by atoms with Gasteiger partial charge in [-0.05, 0) is 48.8 Å². The lowest BCUT2D eigenvalue weighted by atomic mass is 10.2. The van der Waals surface area contributed by atoms with Crippen molar-refractivity contribution in [2.45, 2.75) is 33.2 Å². The lowest BCUT2D eigenvalue weighted by molar-refractivity contribution is -0.145. The van der Waals surface area contributed by atoms with Gasteiger partial charge < -0.3 is 10.1 Å². The van der Waals surface area contributed by atoms with E-state index in [1.165, 1.54) is 4.88 Å². The summed E-state index contributed by atoms with van der Waals surface area (Å²) in [6, 6.07) is 1.65. The molecular weight excluding hydrogens is 302 g/mol. The van der Waals surface area contributed by atoms with Crippen LogP contribution in [-0.2, 0) is 9.53 Å². The molecular formula is C12H18BrNO2S. The van der Waals surface area contributed by atoms with Crippen LogP contribution in [0.1, 0.15) is 36.1 Å². The molecule has 1 atom stereocenters. The number of hydrogen-bond donors (Lipinski definition) is 1. The van der Waals surface area contributed by atoms with Crippen LogP contribution in [0.15, 0.2) is 10.5 Å². The number of nitrogens with one attached hydrogen (secondary N) is 1. The van der Waals surface area contributed by atoms with Crippen LogP contribution < -0.4 is 5.32 Å².